The molecule has 0 radical (unpaired) electrons. The summed E-state index contributed by atoms with van der Waals surface area (Å²) in [4.78, 5) is 12.2. The normalized spacial score (nSPS) is 11.2. The quantitative estimate of drug-likeness (QED) is 0.800. The minimum absolute atomic E-state index is 0.135. The van der Waals surface area contributed by atoms with Gasteiger partial charge in [-0.05, 0) is 36.1 Å². The van der Waals surface area contributed by atoms with E-state index >= 15 is 0 Å². The Bertz CT molecular complexity index is 450. The monoisotopic (exact) mass is 263 g/mol. The van der Waals surface area contributed by atoms with E-state index in [0.717, 1.165) is 22.4 Å². The van der Waals surface area contributed by atoms with E-state index in [1.54, 1.807) is 7.11 Å². The van der Waals surface area contributed by atoms with Gasteiger partial charge in [0, 0.05) is 11.6 Å². The Kier molecular flexibility index (Phi) is 5.55. The third-order valence-corrected chi connectivity index (χ3v) is 3.17. The average Bonchev–Trinajstić information content (AvgIpc) is 2.34. The summed E-state index contributed by atoms with van der Waals surface area (Å²) >= 11 is 0. The van der Waals surface area contributed by atoms with Crippen LogP contribution in [0.4, 0.5) is 0 Å². The molecule has 0 spiro atoms. The van der Waals surface area contributed by atoms with Crippen molar-refractivity contribution in [2.24, 2.45) is 0 Å². The average molecular weight is 263 g/mol. The molecule has 0 atom stereocenters. The number of nitrogens with one attached hydrogen (secondary N) is 1. The van der Waals surface area contributed by atoms with E-state index in [1.165, 1.54) is 0 Å². The lowest BCUT2D eigenvalue weighted by atomic mass is 9.94. The predicted octanol–water partition coefficient (Wildman–Crippen LogP) is 3.31. The first kappa shape index (κ1) is 15.7. The van der Waals surface area contributed by atoms with E-state index in [4.69, 9.17) is 4.74 Å². The van der Waals surface area contributed by atoms with Crippen LogP contribution in [0.5, 0.6) is 5.75 Å². The first-order valence-corrected chi connectivity index (χ1v) is 6.82. The zero-order chi connectivity index (χ0) is 14.6. The summed E-state index contributed by atoms with van der Waals surface area (Å²) in [5.41, 5.74) is 2.84. The van der Waals surface area contributed by atoms with Crippen LogP contribution in [0.1, 0.15) is 55.1 Å². The van der Waals surface area contributed by atoms with Gasteiger partial charge in [0.2, 0.25) is 0 Å². The highest BCUT2D eigenvalue weighted by atomic mass is 16.5. The van der Waals surface area contributed by atoms with Crippen molar-refractivity contribution in [3.8, 4) is 5.75 Å². The van der Waals surface area contributed by atoms with Crippen LogP contribution in [0.3, 0.4) is 0 Å². The van der Waals surface area contributed by atoms with Crippen LogP contribution in [-0.4, -0.2) is 25.5 Å². The largest absolute Gasteiger partial charge is 0.496 e. The number of hydrogen-bond acceptors (Lipinski definition) is 3. The molecule has 3 nitrogen and oxygen atoms in total. The molecule has 0 saturated heterocycles. The van der Waals surface area contributed by atoms with Gasteiger partial charge in [-0.15, -0.1) is 0 Å². The van der Waals surface area contributed by atoms with Gasteiger partial charge in [-0.1, -0.05) is 27.7 Å². The second kappa shape index (κ2) is 6.71. The van der Waals surface area contributed by atoms with Crippen molar-refractivity contribution in [2.75, 3.05) is 13.7 Å². The van der Waals surface area contributed by atoms with Crippen LogP contribution in [-0.2, 0) is 0 Å². The van der Waals surface area contributed by atoms with E-state index < -0.39 is 0 Å². The molecule has 106 valence electrons. The molecule has 0 aliphatic carbocycles. The third kappa shape index (κ3) is 4.06. The molecular weight excluding hydrogens is 238 g/mol. The Hall–Kier alpha value is -1.35. The summed E-state index contributed by atoms with van der Waals surface area (Å²) in [6.07, 6.45) is 0. The molecule has 1 rings (SSSR count). The fraction of sp³-hybridized carbons (Fsp3) is 0.562. The molecule has 0 aromatic heterocycles. The minimum atomic E-state index is 0.135. The van der Waals surface area contributed by atoms with Gasteiger partial charge in [0.05, 0.1) is 13.7 Å². The van der Waals surface area contributed by atoms with Crippen molar-refractivity contribution in [3.63, 3.8) is 0 Å². The van der Waals surface area contributed by atoms with Gasteiger partial charge in [-0.25, -0.2) is 0 Å². The molecule has 19 heavy (non-hydrogen) atoms. The van der Waals surface area contributed by atoms with Gasteiger partial charge in [0.1, 0.15) is 5.75 Å². The van der Waals surface area contributed by atoms with E-state index in [9.17, 15) is 4.79 Å². The molecule has 0 heterocycles. The molecule has 0 aliphatic rings. The summed E-state index contributed by atoms with van der Waals surface area (Å²) in [6.45, 7) is 10.6. The molecule has 0 aliphatic heterocycles. The minimum Gasteiger partial charge on any atom is -0.496 e. The van der Waals surface area contributed by atoms with Crippen LogP contribution in [0.15, 0.2) is 12.1 Å². The Balaban J connectivity index is 3.07. The lowest BCUT2D eigenvalue weighted by Gasteiger charge is -2.16. The van der Waals surface area contributed by atoms with Crippen molar-refractivity contribution < 1.29 is 9.53 Å². The molecule has 1 aromatic rings. The number of methoxy groups -OCH3 is 1. The molecule has 1 aromatic carbocycles. The lowest BCUT2D eigenvalue weighted by molar-refractivity contribution is 0.0988. The smallest absolute Gasteiger partial charge is 0.176 e. The van der Waals surface area contributed by atoms with Gasteiger partial charge in [-0.2, -0.15) is 0 Å². The van der Waals surface area contributed by atoms with Crippen LogP contribution >= 0.6 is 0 Å². The van der Waals surface area contributed by atoms with Crippen molar-refractivity contribution >= 4 is 5.78 Å². The van der Waals surface area contributed by atoms with Crippen molar-refractivity contribution in [1.29, 1.82) is 0 Å². The van der Waals surface area contributed by atoms with Gasteiger partial charge >= 0.3 is 0 Å². The maximum absolute atomic E-state index is 12.2. The van der Waals surface area contributed by atoms with Crippen molar-refractivity contribution in [2.45, 2.75) is 46.6 Å². The van der Waals surface area contributed by atoms with E-state index in [2.05, 4.69) is 19.2 Å². The molecule has 1 N–H and O–H groups in total. The maximum atomic E-state index is 12.2. The molecule has 3 heteroatoms. The van der Waals surface area contributed by atoms with E-state index in [1.807, 2.05) is 32.9 Å². The summed E-state index contributed by atoms with van der Waals surface area (Å²) in [6, 6.07) is 4.24. The van der Waals surface area contributed by atoms with Crippen molar-refractivity contribution in [1.82, 2.24) is 5.32 Å². The molecule has 0 amide bonds. The number of ketones is 1. The van der Waals surface area contributed by atoms with Crippen LogP contribution in [0.25, 0.3) is 0 Å². The lowest BCUT2D eigenvalue weighted by Crippen LogP contribution is -2.29. The summed E-state index contributed by atoms with van der Waals surface area (Å²) in [5, 5.41) is 3.17. The van der Waals surface area contributed by atoms with Crippen LogP contribution < -0.4 is 10.1 Å². The number of hydrogen-bond donors (Lipinski definition) is 1. The standard InChI is InChI=1S/C16H25NO2/c1-10(2)13-8-14(12(5)7-16(13)19-6)15(18)9-17-11(3)4/h7-8,10-11,17H,9H2,1-6H3. The molecule has 0 unspecified atom stereocenters. The van der Waals surface area contributed by atoms with Gasteiger partial charge in [0.15, 0.2) is 5.78 Å². The SMILES string of the molecule is COc1cc(C)c(C(=O)CNC(C)C)cc1C(C)C. The van der Waals surface area contributed by atoms with Crippen LogP contribution in [0, 0.1) is 6.92 Å². The number of Topliss-reactive ketones (excluding diaryl/α,β-unsaturated/α-hetero) is 1. The topological polar surface area (TPSA) is 38.3 Å². The Morgan fingerprint density at radius 2 is 1.89 bits per heavy atom. The molecule has 0 fully saturated rings. The fourth-order valence-electron chi connectivity index (χ4n) is 2.02. The van der Waals surface area contributed by atoms with Crippen molar-refractivity contribution in [3.05, 3.63) is 28.8 Å². The predicted molar refractivity (Wildman–Crippen MR) is 79.3 cm³/mol. The number of carbonyl (C=O) groups is 1. The highest BCUT2D eigenvalue weighted by Crippen LogP contribution is 2.29. The zero-order valence-electron chi connectivity index (χ0n) is 12.8. The third-order valence-electron chi connectivity index (χ3n) is 3.17. The number of ether oxygens (including phenoxy) is 1. The summed E-state index contributed by atoms with van der Waals surface area (Å²) in [5.74, 6) is 1.33. The second-order valence-electron chi connectivity index (χ2n) is 5.52. The van der Waals surface area contributed by atoms with Gasteiger partial charge in [-0.3, -0.25) is 4.79 Å². The maximum Gasteiger partial charge on any atom is 0.176 e. The second-order valence-corrected chi connectivity index (χ2v) is 5.52. The first-order valence-electron chi connectivity index (χ1n) is 6.82. The van der Waals surface area contributed by atoms with E-state index in [0.29, 0.717) is 18.5 Å². The Morgan fingerprint density at radius 3 is 2.37 bits per heavy atom. The fourth-order valence-corrected chi connectivity index (χ4v) is 2.02. The first-order chi connectivity index (χ1) is 8.86. The summed E-state index contributed by atoms with van der Waals surface area (Å²) < 4.78 is 5.39. The number of aryl methyl sites for hydroxylation is 1. The highest BCUT2D eigenvalue weighted by Gasteiger charge is 2.15. The van der Waals surface area contributed by atoms with Gasteiger partial charge in [0.25, 0.3) is 0 Å². The molecule has 0 bridgehead atoms. The van der Waals surface area contributed by atoms with Crippen LogP contribution in [0.2, 0.25) is 0 Å². The highest BCUT2D eigenvalue weighted by molar-refractivity contribution is 5.99. The summed E-state index contributed by atoms with van der Waals surface area (Å²) in [7, 11) is 1.67. The Morgan fingerprint density at radius 1 is 1.26 bits per heavy atom. The number of benzene rings is 1. The van der Waals surface area contributed by atoms with E-state index in [-0.39, 0.29) is 5.78 Å². The number of rotatable bonds is 6. The molecule has 0 saturated carbocycles. The Labute approximate surface area is 116 Å². The zero-order valence-corrected chi connectivity index (χ0v) is 12.8. The molecular formula is C16H25NO2. The van der Waals surface area contributed by atoms with Gasteiger partial charge < -0.3 is 10.1 Å². The number of carbonyl (C=O) groups excluding carboxylic acids is 1.